The third kappa shape index (κ3) is 2.44. The Hall–Kier alpha value is -2.16. The van der Waals surface area contributed by atoms with E-state index in [1.807, 2.05) is 31.2 Å². The fourth-order valence-corrected chi connectivity index (χ4v) is 2.80. The van der Waals surface area contributed by atoms with Gasteiger partial charge in [-0.15, -0.1) is 0 Å². The number of hydrogen-bond acceptors (Lipinski definition) is 3. The summed E-state index contributed by atoms with van der Waals surface area (Å²) in [4.78, 5) is 2.36. The Balaban J connectivity index is 1.77. The van der Waals surface area contributed by atoms with Gasteiger partial charge >= 0.3 is 0 Å². The van der Waals surface area contributed by atoms with Crippen molar-refractivity contribution in [1.29, 1.82) is 0 Å². The summed E-state index contributed by atoms with van der Waals surface area (Å²) in [5.74, 6) is 0.928. The summed E-state index contributed by atoms with van der Waals surface area (Å²) in [6.07, 6.45) is 1.08. The van der Waals surface area contributed by atoms with Crippen molar-refractivity contribution in [1.82, 2.24) is 0 Å². The lowest BCUT2D eigenvalue weighted by atomic mass is 10.1. The van der Waals surface area contributed by atoms with E-state index in [1.54, 1.807) is 0 Å². The average molecular weight is 268 g/mol. The van der Waals surface area contributed by atoms with Gasteiger partial charge in [0.15, 0.2) is 0 Å². The quantitative estimate of drug-likeness (QED) is 0.865. The van der Waals surface area contributed by atoms with Crippen molar-refractivity contribution in [3.8, 4) is 5.75 Å². The molecule has 0 aliphatic carbocycles. The summed E-state index contributed by atoms with van der Waals surface area (Å²) in [7, 11) is 0. The molecule has 0 saturated heterocycles. The van der Waals surface area contributed by atoms with Crippen molar-refractivity contribution in [2.75, 3.05) is 23.8 Å². The van der Waals surface area contributed by atoms with Crippen LogP contribution in [0.15, 0.2) is 42.5 Å². The Morgan fingerprint density at radius 2 is 1.95 bits per heavy atom. The maximum atomic E-state index is 6.12. The molecule has 0 radical (unpaired) electrons. The molecule has 2 aromatic rings. The minimum absolute atomic E-state index is 0.704. The third-order valence-electron chi connectivity index (χ3n) is 3.73. The summed E-state index contributed by atoms with van der Waals surface area (Å²) in [6.45, 7) is 4.64. The van der Waals surface area contributed by atoms with E-state index in [4.69, 9.17) is 10.5 Å². The maximum absolute atomic E-state index is 6.12. The standard InChI is InChI=1S/C17H20N2O/c1-2-20-15-8-6-13(7-9-15)12-19-11-10-14-4-3-5-16(18)17(14)19/h3-9H,2,10-12,18H2,1H3. The number of nitrogens with zero attached hydrogens (tertiary/aromatic N) is 1. The van der Waals surface area contributed by atoms with Gasteiger partial charge in [-0.3, -0.25) is 0 Å². The zero-order valence-corrected chi connectivity index (χ0v) is 11.8. The summed E-state index contributed by atoms with van der Waals surface area (Å²) >= 11 is 0. The molecule has 3 heteroatoms. The van der Waals surface area contributed by atoms with Crippen LogP contribution in [0.4, 0.5) is 11.4 Å². The predicted molar refractivity (Wildman–Crippen MR) is 83.2 cm³/mol. The summed E-state index contributed by atoms with van der Waals surface area (Å²) < 4.78 is 5.47. The monoisotopic (exact) mass is 268 g/mol. The Morgan fingerprint density at radius 1 is 1.15 bits per heavy atom. The van der Waals surface area contributed by atoms with E-state index in [0.717, 1.165) is 30.9 Å². The van der Waals surface area contributed by atoms with Crippen molar-refractivity contribution in [3.63, 3.8) is 0 Å². The highest BCUT2D eigenvalue weighted by Gasteiger charge is 2.21. The van der Waals surface area contributed by atoms with Crippen LogP contribution in [-0.4, -0.2) is 13.2 Å². The lowest BCUT2D eigenvalue weighted by Crippen LogP contribution is -2.20. The molecule has 0 fully saturated rings. The molecule has 0 bridgehead atoms. The summed E-state index contributed by atoms with van der Waals surface area (Å²) in [6, 6.07) is 14.5. The number of ether oxygens (including phenoxy) is 1. The Kier molecular flexibility index (Phi) is 3.50. The topological polar surface area (TPSA) is 38.5 Å². The molecule has 104 valence electrons. The second-order valence-electron chi connectivity index (χ2n) is 5.10. The predicted octanol–water partition coefficient (Wildman–Crippen LogP) is 3.23. The van der Waals surface area contributed by atoms with Crippen LogP contribution in [0, 0.1) is 0 Å². The van der Waals surface area contributed by atoms with E-state index >= 15 is 0 Å². The Bertz CT molecular complexity index is 592. The smallest absolute Gasteiger partial charge is 0.119 e. The summed E-state index contributed by atoms with van der Waals surface area (Å²) in [5, 5.41) is 0. The van der Waals surface area contributed by atoms with Crippen molar-refractivity contribution in [2.24, 2.45) is 0 Å². The number of benzene rings is 2. The molecule has 0 aromatic heterocycles. The second-order valence-corrected chi connectivity index (χ2v) is 5.10. The Morgan fingerprint density at radius 3 is 2.70 bits per heavy atom. The first kappa shape index (κ1) is 12.9. The first-order valence-electron chi connectivity index (χ1n) is 7.12. The van der Waals surface area contributed by atoms with Gasteiger partial charge < -0.3 is 15.4 Å². The molecule has 0 spiro atoms. The lowest BCUT2D eigenvalue weighted by Gasteiger charge is -2.21. The molecule has 1 heterocycles. The highest BCUT2D eigenvalue weighted by molar-refractivity contribution is 5.74. The normalized spacial score (nSPS) is 13.3. The molecule has 2 aromatic carbocycles. The molecule has 3 rings (SSSR count). The first-order valence-corrected chi connectivity index (χ1v) is 7.12. The molecular weight excluding hydrogens is 248 g/mol. The number of nitrogen functional groups attached to an aromatic ring is 1. The second kappa shape index (κ2) is 5.45. The number of rotatable bonds is 4. The third-order valence-corrected chi connectivity index (χ3v) is 3.73. The average Bonchev–Trinajstić information content (AvgIpc) is 2.86. The van der Waals surface area contributed by atoms with Crippen molar-refractivity contribution in [2.45, 2.75) is 19.9 Å². The van der Waals surface area contributed by atoms with Crippen LogP contribution in [0.1, 0.15) is 18.1 Å². The van der Waals surface area contributed by atoms with Gasteiger partial charge in [0.25, 0.3) is 0 Å². The molecule has 20 heavy (non-hydrogen) atoms. The van der Waals surface area contributed by atoms with Gasteiger partial charge in [0.05, 0.1) is 18.0 Å². The van der Waals surface area contributed by atoms with Crippen LogP contribution < -0.4 is 15.4 Å². The highest BCUT2D eigenvalue weighted by Crippen LogP contribution is 2.34. The molecular formula is C17H20N2O. The molecule has 1 aliphatic heterocycles. The van der Waals surface area contributed by atoms with Crippen LogP contribution in [0.5, 0.6) is 5.75 Å². The van der Waals surface area contributed by atoms with E-state index in [-0.39, 0.29) is 0 Å². The van der Waals surface area contributed by atoms with Crippen LogP contribution >= 0.6 is 0 Å². The van der Waals surface area contributed by atoms with E-state index in [0.29, 0.717) is 6.61 Å². The number of fused-ring (bicyclic) bond motifs is 1. The lowest BCUT2D eigenvalue weighted by molar-refractivity contribution is 0.340. The number of hydrogen-bond donors (Lipinski definition) is 1. The molecule has 0 saturated carbocycles. The van der Waals surface area contributed by atoms with Crippen LogP contribution in [0.2, 0.25) is 0 Å². The molecule has 0 atom stereocenters. The van der Waals surface area contributed by atoms with Crippen molar-refractivity contribution in [3.05, 3.63) is 53.6 Å². The first-order chi connectivity index (χ1) is 9.78. The fraction of sp³-hybridized carbons (Fsp3) is 0.294. The van der Waals surface area contributed by atoms with Crippen LogP contribution in [0.25, 0.3) is 0 Å². The van der Waals surface area contributed by atoms with Crippen molar-refractivity contribution < 1.29 is 4.74 Å². The van der Waals surface area contributed by atoms with Crippen LogP contribution in [-0.2, 0) is 13.0 Å². The van der Waals surface area contributed by atoms with Gasteiger partial charge in [-0.2, -0.15) is 0 Å². The van der Waals surface area contributed by atoms with Gasteiger partial charge in [-0.25, -0.2) is 0 Å². The maximum Gasteiger partial charge on any atom is 0.119 e. The van der Waals surface area contributed by atoms with Gasteiger partial charge in [0, 0.05) is 13.1 Å². The molecule has 0 unspecified atom stereocenters. The fourth-order valence-electron chi connectivity index (χ4n) is 2.80. The minimum Gasteiger partial charge on any atom is -0.494 e. The van der Waals surface area contributed by atoms with Crippen LogP contribution in [0.3, 0.4) is 0 Å². The SMILES string of the molecule is CCOc1ccc(CN2CCc3cccc(N)c32)cc1. The number of para-hydroxylation sites is 1. The molecule has 0 amide bonds. The Labute approximate surface area is 120 Å². The van der Waals surface area contributed by atoms with Gasteiger partial charge in [0.1, 0.15) is 5.75 Å². The molecule has 2 N–H and O–H groups in total. The van der Waals surface area contributed by atoms with E-state index in [1.165, 1.54) is 16.8 Å². The van der Waals surface area contributed by atoms with E-state index in [2.05, 4.69) is 23.1 Å². The van der Waals surface area contributed by atoms with Crippen molar-refractivity contribution >= 4 is 11.4 Å². The summed E-state index contributed by atoms with van der Waals surface area (Å²) in [5.41, 5.74) is 10.8. The largest absolute Gasteiger partial charge is 0.494 e. The zero-order valence-electron chi connectivity index (χ0n) is 11.8. The van der Waals surface area contributed by atoms with E-state index in [9.17, 15) is 0 Å². The molecule has 3 nitrogen and oxygen atoms in total. The van der Waals surface area contributed by atoms with Gasteiger partial charge in [-0.1, -0.05) is 24.3 Å². The van der Waals surface area contributed by atoms with Gasteiger partial charge in [-0.05, 0) is 42.7 Å². The number of anilines is 2. The zero-order chi connectivity index (χ0) is 13.9. The number of nitrogens with two attached hydrogens (primary N) is 1. The van der Waals surface area contributed by atoms with E-state index < -0.39 is 0 Å². The highest BCUT2D eigenvalue weighted by atomic mass is 16.5. The molecule has 1 aliphatic rings. The van der Waals surface area contributed by atoms with Gasteiger partial charge in [0.2, 0.25) is 0 Å². The minimum atomic E-state index is 0.704.